The fourth-order valence-electron chi connectivity index (χ4n) is 3.55. The van der Waals surface area contributed by atoms with E-state index in [0.717, 1.165) is 44.3 Å². The van der Waals surface area contributed by atoms with Gasteiger partial charge in [-0.3, -0.25) is 9.59 Å². The number of carbonyl (C=O) groups is 2. The lowest BCUT2D eigenvalue weighted by Gasteiger charge is -2.23. The Morgan fingerprint density at radius 1 is 1.12 bits per heavy atom. The van der Waals surface area contributed by atoms with Crippen molar-refractivity contribution in [3.63, 3.8) is 0 Å². The number of nitrogens with one attached hydrogen (secondary N) is 3. The molecule has 1 saturated carbocycles. The fraction of sp³-hybridized carbons (Fsp3) is 0.400. The van der Waals surface area contributed by atoms with Crippen LogP contribution in [0.2, 0.25) is 0 Å². The third kappa shape index (κ3) is 3.42. The smallest absolute Gasteiger partial charge is 0.267 e. The fourth-order valence-corrected chi connectivity index (χ4v) is 3.55. The molecule has 0 atom stereocenters. The zero-order valence-electron chi connectivity index (χ0n) is 14.5. The summed E-state index contributed by atoms with van der Waals surface area (Å²) in [4.78, 5) is 28.1. The molecule has 0 bridgehead atoms. The first-order chi connectivity index (χ1) is 12.6. The zero-order valence-corrected chi connectivity index (χ0v) is 14.5. The van der Waals surface area contributed by atoms with Gasteiger partial charge in [-0.1, -0.05) is 12.1 Å². The molecule has 1 aromatic carbocycles. The molecule has 1 aliphatic carbocycles. The van der Waals surface area contributed by atoms with Gasteiger partial charge < -0.3 is 15.6 Å². The van der Waals surface area contributed by atoms with Gasteiger partial charge in [0, 0.05) is 17.8 Å². The Bertz CT molecular complexity index is 835. The van der Waals surface area contributed by atoms with Crippen LogP contribution in [-0.2, 0) is 0 Å². The van der Waals surface area contributed by atoms with Crippen LogP contribution >= 0.6 is 0 Å². The van der Waals surface area contributed by atoms with E-state index < -0.39 is 5.82 Å². The van der Waals surface area contributed by atoms with E-state index in [1.165, 1.54) is 18.3 Å². The summed E-state index contributed by atoms with van der Waals surface area (Å²) in [5.74, 6) is -0.832. The van der Waals surface area contributed by atoms with Gasteiger partial charge in [0.15, 0.2) is 5.78 Å². The maximum absolute atomic E-state index is 14.3. The molecule has 6 heteroatoms. The highest BCUT2D eigenvalue weighted by atomic mass is 19.1. The minimum absolute atomic E-state index is 0.138. The summed E-state index contributed by atoms with van der Waals surface area (Å²) in [7, 11) is 0. The number of aromatic amines is 1. The molecule has 0 unspecified atom stereocenters. The number of piperidine rings is 1. The van der Waals surface area contributed by atoms with Gasteiger partial charge in [-0.25, -0.2) is 4.39 Å². The Morgan fingerprint density at radius 3 is 2.62 bits per heavy atom. The summed E-state index contributed by atoms with van der Waals surface area (Å²) in [6, 6.07) is 6.44. The van der Waals surface area contributed by atoms with E-state index in [1.807, 2.05) is 6.07 Å². The van der Waals surface area contributed by atoms with Crippen LogP contribution in [0.5, 0.6) is 0 Å². The van der Waals surface area contributed by atoms with Gasteiger partial charge in [-0.15, -0.1) is 0 Å². The molecule has 1 saturated heterocycles. The molecule has 136 valence electrons. The number of carbonyl (C=O) groups excluding carboxylic acids is 2. The highest BCUT2D eigenvalue weighted by molar-refractivity contribution is 6.11. The minimum Gasteiger partial charge on any atom is -0.356 e. The number of hydrogen-bond donors (Lipinski definition) is 3. The van der Waals surface area contributed by atoms with Crippen LogP contribution < -0.4 is 10.6 Å². The van der Waals surface area contributed by atoms with Crippen molar-refractivity contribution in [2.24, 2.45) is 0 Å². The maximum atomic E-state index is 14.3. The number of ketones is 1. The van der Waals surface area contributed by atoms with Crippen LogP contribution in [0.15, 0.2) is 30.5 Å². The second kappa shape index (κ2) is 7.03. The van der Waals surface area contributed by atoms with E-state index >= 15 is 0 Å². The molecule has 26 heavy (non-hydrogen) atoms. The molecule has 4 rings (SSSR count). The van der Waals surface area contributed by atoms with Crippen molar-refractivity contribution < 1.29 is 14.0 Å². The molecule has 5 nitrogen and oxygen atoms in total. The Morgan fingerprint density at radius 2 is 1.88 bits per heavy atom. The molecule has 2 aromatic rings. The monoisotopic (exact) mass is 355 g/mol. The largest absolute Gasteiger partial charge is 0.356 e. The lowest BCUT2D eigenvalue weighted by Crippen LogP contribution is -2.42. The van der Waals surface area contributed by atoms with Crippen molar-refractivity contribution >= 4 is 11.7 Å². The van der Waals surface area contributed by atoms with E-state index in [4.69, 9.17) is 0 Å². The Hall–Kier alpha value is -2.47. The molecule has 2 aliphatic rings. The molecule has 1 aromatic heterocycles. The summed E-state index contributed by atoms with van der Waals surface area (Å²) in [5, 5.41) is 6.23. The highest BCUT2D eigenvalue weighted by Crippen LogP contribution is 2.42. The van der Waals surface area contributed by atoms with Crippen LogP contribution in [0.25, 0.3) is 0 Å². The first kappa shape index (κ1) is 17.0. The SMILES string of the molecule is O=C(NC1CCNCC1)c1cc(C(=O)c2c(F)cccc2C2CC2)c[nH]1. The first-order valence-electron chi connectivity index (χ1n) is 9.16. The van der Waals surface area contributed by atoms with Crippen LogP contribution in [0, 0.1) is 5.82 Å². The van der Waals surface area contributed by atoms with Crippen molar-refractivity contribution in [2.45, 2.75) is 37.6 Å². The second-order valence-electron chi connectivity index (χ2n) is 7.11. The third-order valence-corrected chi connectivity index (χ3v) is 5.15. The second-order valence-corrected chi connectivity index (χ2v) is 7.11. The predicted molar refractivity (Wildman–Crippen MR) is 96.0 cm³/mol. The van der Waals surface area contributed by atoms with E-state index in [2.05, 4.69) is 15.6 Å². The van der Waals surface area contributed by atoms with Gasteiger partial charge in [0.25, 0.3) is 5.91 Å². The summed E-state index contributed by atoms with van der Waals surface area (Å²) in [6.45, 7) is 1.77. The van der Waals surface area contributed by atoms with Crippen molar-refractivity contribution in [1.29, 1.82) is 0 Å². The number of amides is 1. The van der Waals surface area contributed by atoms with Crippen molar-refractivity contribution in [3.8, 4) is 0 Å². The average Bonchev–Trinajstić information content (AvgIpc) is 3.37. The molecule has 1 amide bonds. The van der Waals surface area contributed by atoms with Crippen LogP contribution in [0.3, 0.4) is 0 Å². The number of halogens is 1. The van der Waals surface area contributed by atoms with Crippen molar-refractivity contribution in [3.05, 3.63) is 58.7 Å². The summed E-state index contributed by atoms with van der Waals surface area (Å²) in [6.07, 6.45) is 5.24. The van der Waals surface area contributed by atoms with Gasteiger partial charge in [-0.2, -0.15) is 0 Å². The Kier molecular flexibility index (Phi) is 4.59. The zero-order chi connectivity index (χ0) is 18.1. The van der Waals surface area contributed by atoms with E-state index in [-0.39, 0.29) is 29.2 Å². The summed E-state index contributed by atoms with van der Waals surface area (Å²) < 4.78 is 14.3. The summed E-state index contributed by atoms with van der Waals surface area (Å²) in [5.41, 5.74) is 1.56. The lowest BCUT2D eigenvalue weighted by atomic mass is 9.96. The average molecular weight is 355 g/mol. The Balaban J connectivity index is 1.53. The van der Waals surface area contributed by atoms with E-state index in [0.29, 0.717) is 11.3 Å². The quantitative estimate of drug-likeness (QED) is 0.722. The number of rotatable bonds is 5. The van der Waals surface area contributed by atoms with E-state index in [9.17, 15) is 14.0 Å². The first-order valence-corrected chi connectivity index (χ1v) is 9.16. The lowest BCUT2D eigenvalue weighted by molar-refractivity contribution is 0.0925. The predicted octanol–water partition coefficient (Wildman–Crippen LogP) is 2.74. The van der Waals surface area contributed by atoms with E-state index in [1.54, 1.807) is 6.07 Å². The maximum Gasteiger partial charge on any atom is 0.267 e. The van der Waals surface area contributed by atoms with Gasteiger partial charge in [-0.05, 0) is 62.4 Å². The third-order valence-electron chi connectivity index (χ3n) is 5.15. The molecule has 0 spiro atoms. The number of hydrogen-bond acceptors (Lipinski definition) is 3. The van der Waals surface area contributed by atoms with Gasteiger partial charge in [0.1, 0.15) is 11.5 Å². The summed E-state index contributed by atoms with van der Waals surface area (Å²) >= 11 is 0. The van der Waals surface area contributed by atoms with Gasteiger partial charge >= 0.3 is 0 Å². The Labute approximate surface area is 151 Å². The number of benzene rings is 1. The topological polar surface area (TPSA) is 74.0 Å². The number of H-pyrrole nitrogens is 1. The van der Waals surface area contributed by atoms with Crippen LogP contribution in [-0.4, -0.2) is 35.8 Å². The van der Waals surface area contributed by atoms with Gasteiger partial charge in [0.2, 0.25) is 0 Å². The molecular formula is C20H22FN3O2. The number of aromatic nitrogens is 1. The normalized spacial score (nSPS) is 17.9. The van der Waals surface area contributed by atoms with Crippen molar-refractivity contribution in [1.82, 2.24) is 15.6 Å². The molecule has 2 fully saturated rings. The molecule has 1 aliphatic heterocycles. The minimum atomic E-state index is -0.499. The molecule has 2 heterocycles. The highest BCUT2D eigenvalue weighted by Gasteiger charge is 2.30. The molecule has 3 N–H and O–H groups in total. The van der Waals surface area contributed by atoms with Crippen LogP contribution in [0.1, 0.15) is 63.6 Å². The molecular weight excluding hydrogens is 333 g/mol. The molecule has 0 radical (unpaired) electrons. The van der Waals surface area contributed by atoms with Crippen molar-refractivity contribution in [2.75, 3.05) is 13.1 Å². The van der Waals surface area contributed by atoms with Crippen LogP contribution in [0.4, 0.5) is 4.39 Å². The van der Waals surface area contributed by atoms with Gasteiger partial charge in [0.05, 0.1) is 5.56 Å². The standard InChI is InChI=1S/C20H22FN3O2/c21-16-3-1-2-15(12-4-5-12)18(16)19(25)13-10-17(23-11-13)20(26)24-14-6-8-22-9-7-14/h1-3,10-12,14,22-23H,4-9H2,(H,24,26).